The summed E-state index contributed by atoms with van der Waals surface area (Å²) in [5.41, 5.74) is 2.56. The lowest BCUT2D eigenvalue weighted by Gasteiger charge is -2.35. The van der Waals surface area contributed by atoms with Gasteiger partial charge in [0, 0.05) is 43.2 Å². The summed E-state index contributed by atoms with van der Waals surface area (Å²) in [6, 6.07) is 9.83. The zero-order chi connectivity index (χ0) is 20.4. The molecule has 5 heteroatoms. The van der Waals surface area contributed by atoms with Crippen LogP contribution in [0.25, 0.3) is 10.9 Å². The number of rotatable bonds is 3. The molecule has 5 nitrogen and oxygen atoms in total. The van der Waals surface area contributed by atoms with Crippen molar-refractivity contribution in [2.75, 3.05) is 26.2 Å². The number of aromatic nitrogens is 1. The fourth-order valence-electron chi connectivity index (χ4n) is 4.54. The van der Waals surface area contributed by atoms with Crippen LogP contribution in [0.5, 0.6) is 0 Å². The minimum atomic E-state index is 0.0642. The fourth-order valence-corrected chi connectivity index (χ4v) is 4.54. The second-order valence-corrected chi connectivity index (χ2v) is 8.72. The maximum atomic E-state index is 13.4. The minimum absolute atomic E-state index is 0.0642. The van der Waals surface area contributed by atoms with E-state index in [-0.39, 0.29) is 17.7 Å². The number of fused-ring (bicyclic) bond motifs is 1. The molecule has 0 saturated carbocycles. The molecular formula is C24H31N3O2. The number of nitrogens with zero attached hydrogens (tertiary/aromatic N) is 3. The largest absolute Gasteiger partial charge is 0.342 e. The number of carbonyl (C=O) groups is 2. The molecule has 0 bridgehead atoms. The Morgan fingerprint density at radius 2 is 1.66 bits per heavy atom. The first kappa shape index (κ1) is 19.9. The molecule has 2 aliphatic heterocycles. The molecule has 2 aliphatic rings. The Kier molecular flexibility index (Phi) is 5.84. The van der Waals surface area contributed by atoms with Gasteiger partial charge in [-0.2, -0.15) is 0 Å². The number of piperidine rings is 2. The van der Waals surface area contributed by atoms with Crippen molar-refractivity contribution in [2.24, 2.45) is 5.92 Å². The van der Waals surface area contributed by atoms with E-state index in [1.165, 1.54) is 6.42 Å². The van der Waals surface area contributed by atoms with Crippen molar-refractivity contribution in [3.63, 3.8) is 0 Å². The van der Waals surface area contributed by atoms with E-state index in [0.717, 1.165) is 60.9 Å². The monoisotopic (exact) mass is 393 g/mol. The summed E-state index contributed by atoms with van der Waals surface area (Å²) in [5, 5.41) is 0.911. The zero-order valence-electron chi connectivity index (χ0n) is 17.6. The molecule has 0 N–H and O–H groups in total. The predicted molar refractivity (Wildman–Crippen MR) is 115 cm³/mol. The molecule has 2 fully saturated rings. The highest BCUT2D eigenvalue weighted by Gasteiger charge is 2.31. The molecule has 1 aromatic carbocycles. The Morgan fingerprint density at radius 3 is 2.34 bits per heavy atom. The van der Waals surface area contributed by atoms with Gasteiger partial charge in [0.25, 0.3) is 5.91 Å². The van der Waals surface area contributed by atoms with Crippen LogP contribution in [0.15, 0.2) is 30.3 Å². The minimum Gasteiger partial charge on any atom is -0.342 e. The van der Waals surface area contributed by atoms with Gasteiger partial charge in [-0.15, -0.1) is 0 Å². The number of benzene rings is 1. The summed E-state index contributed by atoms with van der Waals surface area (Å²) in [4.78, 5) is 34.9. The SMILES string of the molecule is CC(C)c1cc(C(=O)N2CCC(C(=O)N3CCCCC3)CC2)c2ccccc2n1. The molecule has 2 aromatic rings. The molecule has 1 aromatic heterocycles. The van der Waals surface area contributed by atoms with Crippen LogP contribution < -0.4 is 0 Å². The number of pyridine rings is 1. The van der Waals surface area contributed by atoms with Crippen LogP contribution in [-0.2, 0) is 4.79 Å². The third-order valence-electron chi connectivity index (χ3n) is 6.36. The summed E-state index contributed by atoms with van der Waals surface area (Å²) in [6.45, 7) is 7.30. The average molecular weight is 394 g/mol. The van der Waals surface area contributed by atoms with Crippen molar-refractivity contribution < 1.29 is 9.59 Å². The molecule has 4 rings (SSSR count). The fraction of sp³-hybridized carbons (Fsp3) is 0.542. The summed E-state index contributed by atoms with van der Waals surface area (Å²) < 4.78 is 0. The van der Waals surface area contributed by atoms with Crippen molar-refractivity contribution >= 4 is 22.7 Å². The van der Waals surface area contributed by atoms with Crippen LogP contribution in [0, 0.1) is 5.92 Å². The second-order valence-electron chi connectivity index (χ2n) is 8.72. The summed E-state index contributed by atoms with van der Waals surface area (Å²) in [7, 11) is 0. The average Bonchev–Trinajstić information content (AvgIpc) is 2.78. The third kappa shape index (κ3) is 4.14. The van der Waals surface area contributed by atoms with E-state index in [0.29, 0.717) is 19.0 Å². The van der Waals surface area contributed by atoms with Crippen LogP contribution in [-0.4, -0.2) is 52.8 Å². The topological polar surface area (TPSA) is 53.5 Å². The Balaban J connectivity index is 1.49. The van der Waals surface area contributed by atoms with Crippen LogP contribution >= 0.6 is 0 Å². The van der Waals surface area contributed by atoms with Gasteiger partial charge in [-0.3, -0.25) is 14.6 Å². The van der Waals surface area contributed by atoms with E-state index < -0.39 is 0 Å². The van der Waals surface area contributed by atoms with Gasteiger partial charge >= 0.3 is 0 Å². The van der Waals surface area contributed by atoms with Crippen molar-refractivity contribution in [3.8, 4) is 0 Å². The summed E-state index contributed by atoms with van der Waals surface area (Å²) >= 11 is 0. The molecule has 0 spiro atoms. The van der Waals surface area contributed by atoms with Crippen molar-refractivity contribution in [3.05, 3.63) is 41.6 Å². The first-order valence-electron chi connectivity index (χ1n) is 11.0. The van der Waals surface area contributed by atoms with Gasteiger partial charge in [0.1, 0.15) is 0 Å². The lowest BCUT2D eigenvalue weighted by Crippen LogP contribution is -2.45. The first-order chi connectivity index (χ1) is 14.0. The Bertz CT molecular complexity index is 894. The van der Waals surface area contributed by atoms with Crippen LogP contribution in [0.3, 0.4) is 0 Å². The van der Waals surface area contributed by atoms with E-state index in [4.69, 9.17) is 4.98 Å². The maximum absolute atomic E-state index is 13.4. The van der Waals surface area contributed by atoms with E-state index in [9.17, 15) is 9.59 Å². The molecule has 2 amide bonds. The molecule has 29 heavy (non-hydrogen) atoms. The van der Waals surface area contributed by atoms with Gasteiger partial charge in [0.05, 0.1) is 11.1 Å². The molecule has 154 valence electrons. The van der Waals surface area contributed by atoms with Crippen LogP contribution in [0.4, 0.5) is 0 Å². The Hall–Kier alpha value is -2.43. The number of likely N-dealkylation sites (tertiary alicyclic amines) is 2. The molecule has 0 radical (unpaired) electrons. The van der Waals surface area contributed by atoms with Gasteiger partial charge < -0.3 is 9.80 Å². The lowest BCUT2D eigenvalue weighted by atomic mass is 9.93. The van der Waals surface area contributed by atoms with Crippen molar-refractivity contribution in [1.29, 1.82) is 0 Å². The van der Waals surface area contributed by atoms with Crippen LogP contribution in [0.1, 0.15) is 67.9 Å². The highest BCUT2D eigenvalue weighted by atomic mass is 16.2. The maximum Gasteiger partial charge on any atom is 0.254 e. The first-order valence-corrected chi connectivity index (χ1v) is 11.0. The lowest BCUT2D eigenvalue weighted by molar-refractivity contribution is -0.137. The number of hydrogen-bond acceptors (Lipinski definition) is 3. The summed E-state index contributed by atoms with van der Waals surface area (Å²) in [6.07, 6.45) is 5.00. The van der Waals surface area contributed by atoms with E-state index in [1.54, 1.807) is 0 Å². The van der Waals surface area contributed by atoms with Gasteiger partial charge in [-0.1, -0.05) is 32.0 Å². The van der Waals surface area contributed by atoms with Crippen molar-refractivity contribution in [2.45, 2.75) is 51.9 Å². The summed E-state index contributed by atoms with van der Waals surface area (Å²) in [5.74, 6) is 0.694. The third-order valence-corrected chi connectivity index (χ3v) is 6.36. The quantitative estimate of drug-likeness (QED) is 0.784. The smallest absolute Gasteiger partial charge is 0.254 e. The Morgan fingerprint density at radius 1 is 0.966 bits per heavy atom. The molecule has 2 saturated heterocycles. The van der Waals surface area contributed by atoms with Crippen LogP contribution in [0.2, 0.25) is 0 Å². The second kappa shape index (κ2) is 8.52. The van der Waals surface area contributed by atoms with E-state index in [1.807, 2.05) is 40.1 Å². The van der Waals surface area contributed by atoms with Gasteiger partial charge in [0.2, 0.25) is 5.91 Å². The number of para-hydroxylation sites is 1. The number of hydrogen-bond donors (Lipinski definition) is 0. The molecule has 3 heterocycles. The number of carbonyl (C=O) groups excluding carboxylic acids is 2. The standard InChI is InChI=1S/C24H31N3O2/c1-17(2)22-16-20(19-8-4-5-9-21(19)25-22)24(29)27-14-10-18(11-15-27)23(28)26-12-6-3-7-13-26/h4-5,8-9,16-18H,3,6-7,10-15H2,1-2H3. The molecule has 0 unspecified atom stereocenters. The highest BCUT2D eigenvalue weighted by Crippen LogP contribution is 2.27. The predicted octanol–water partition coefficient (Wildman–Crippen LogP) is 4.22. The van der Waals surface area contributed by atoms with Gasteiger partial charge in [0.15, 0.2) is 0 Å². The molecule has 0 atom stereocenters. The molecular weight excluding hydrogens is 362 g/mol. The van der Waals surface area contributed by atoms with E-state index in [2.05, 4.69) is 13.8 Å². The molecule has 0 aliphatic carbocycles. The van der Waals surface area contributed by atoms with E-state index >= 15 is 0 Å². The highest BCUT2D eigenvalue weighted by molar-refractivity contribution is 6.06. The number of amides is 2. The van der Waals surface area contributed by atoms with Crippen molar-refractivity contribution in [1.82, 2.24) is 14.8 Å². The van der Waals surface area contributed by atoms with Gasteiger partial charge in [-0.05, 0) is 50.2 Å². The normalized spacial score (nSPS) is 18.4. The zero-order valence-corrected chi connectivity index (χ0v) is 17.6. The Labute approximate surface area is 173 Å². The van der Waals surface area contributed by atoms with Gasteiger partial charge in [-0.25, -0.2) is 0 Å².